The molecule has 158 valence electrons. The van der Waals surface area contributed by atoms with E-state index in [0.717, 1.165) is 29.8 Å². The average molecular weight is 436 g/mol. The number of unbranched alkanes of at least 4 members (excludes halogenated alkanes) is 1. The van der Waals surface area contributed by atoms with E-state index in [9.17, 15) is 10.1 Å². The summed E-state index contributed by atoms with van der Waals surface area (Å²) in [5, 5.41) is 23.8. The smallest absolute Gasteiger partial charge is 0.276 e. The van der Waals surface area contributed by atoms with Crippen molar-refractivity contribution in [3.8, 4) is 17.1 Å². The van der Waals surface area contributed by atoms with Crippen LogP contribution in [-0.2, 0) is 0 Å². The van der Waals surface area contributed by atoms with Crippen LogP contribution in [-0.4, -0.2) is 32.1 Å². The van der Waals surface area contributed by atoms with Crippen LogP contribution < -0.4 is 10.1 Å². The summed E-state index contributed by atoms with van der Waals surface area (Å²) in [6.45, 7) is 2.14. The second-order valence-electron chi connectivity index (χ2n) is 6.85. The van der Waals surface area contributed by atoms with E-state index in [1.165, 1.54) is 6.07 Å². The van der Waals surface area contributed by atoms with Crippen LogP contribution >= 0.6 is 11.8 Å². The minimum atomic E-state index is -0.590. The van der Waals surface area contributed by atoms with Gasteiger partial charge < -0.3 is 10.1 Å². The first-order valence-corrected chi connectivity index (χ1v) is 11.0. The molecular formula is C22H21N5O3S. The molecule has 0 saturated carbocycles. The summed E-state index contributed by atoms with van der Waals surface area (Å²) < 4.78 is 6.11. The normalized spacial score (nSPS) is 14.8. The molecule has 1 atom stereocenters. The van der Waals surface area contributed by atoms with Crippen molar-refractivity contribution in [3.05, 3.63) is 70.3 Å². The molecule has 1 aliphatic heterocycles. The molecule has 2 heterocycles. The third-order valence-electron chi connectivity index (χ3n) is 4.67. The highest BCUT2D eigenvalue weighted by atomic mass is 32.2. The van der Waals surface area contributed by atoms with Crippen LogP contribution in [0.3, 0.4) is 0 Å². The molecule has 0 saturated heterocycles. The number of ether oxygens (including phenoxy) is 1. The molecule has 31 heavy (non-hydrogen) atoms. The lowest BCUT2D eigenvalue weighted by atomic mass is 10.1. The van der Waals surface area contributed by atoms with Crippen LogP contribution in [0, 0.1) is 10.1 Å². The number of thioether (sulfide) groups is 1. The van der Waals surface area contributed by atoms with E-state index >= 15 is 0 Å². The molecule has 4 rings (SSSR count). The zero-order valence-electron chi connectivity index (χ0n) is 16.9. The zero-order valence-corrected chi connectivity index (χ0v) is 17.7. The van der Waals surface area contributed by atoms with Gasteiger partial charge in [-0.2, -0.15) is 4.98 Å². The van der Waals surface area contributed by atoms with Crippen molar-refractivity contribution in [2.45, 2.75) is 31.1 Å². The van der Waals surface area contributed by atoms with Crippen LogP contribution in [0.15, 0.2) is 59.8 Å². The maximum atomic E-state index is 11.3. The van der Waals surface area contributed by atoms with E-state index in [1.807, 2.05) is 24.3 Å². The first-order chi connectivity index (χ1) is 15.2. The lowest BCUT2D eigenvalue weighted by Crippen LogP contribution is -2.23. The second kappa shape index (κ2) is 9.57. The summed E-state index contributed by atoms with van der Waals surface area (Å²) in [4.78, 5) is 15.5. The summed E-state index contributed by atoms with van der Waals surface area (Å²) in [6, 6.07) is 14.2. The SMILES string of the molecule is CCCCSc1nnc2c(n1)O[C@H](/C=C/c1ccccc1[N+](=O)[O-])Nc1ccccc1-2. The lowest BCUT2D eigenvalue weighted by Gasteiger charge is -2.15. The van der Waals surface area contributed by atoms with Crippen molar-refractivity contribution >= 4 is 29.2 Å². The number of nitro groups is 1. The molecule has 0 spiro atoms. The third kappa shape index (κ3) is 4.83. The van der Waals surface area contributed by atoms with Crippen LogP contribution in [0.1, 0.15) is 25.3 Å². The van der Waals surface area contributed by atoms with Gasteiger partial charge in [-0.25, -0.2) is 0 Å². The Morgan fingerprint density at radius 3 is 2.84 bits per heavy atom. The van der Waals surface area contributed by atoms with E-state index in [4.69, 9.17) is 4.74 Å². The fourth-order valence-corrected chi connectivity index (χ4v) is 3.97. The van der Waals surface area contributed by atoms with Crippen molar-refractivity contribution in [1.82, 2.24) is 15.2 Å². The van der Waals surface area contributed by atoms with Gasteiger partial charge >= 0.3 is 0 Å². The molecule has 1 aliphatic rings. The number of hydrogen-bond donors (Lipinski definition) is 1. The van der Waals surface area contributed by atoms with E-state index < -0.39 is 11.2 Å². The van der Waals surface area contributed by atoms with E-state index in [0.29, 0.717) is 22.3 Å². The van der Waals surface area contributed by atoms with Crippen LogP contribution in [0.25, 0.3) is 17.3 Å². The monoisotopic (exact) mass is 435 g/mol. The summed E-state index contributed by atoms with van der Waals surface area (Å²) >= 11 is 1.54. The van der Waals surface area contributed by atoms with Gasteiger partial charge in [0, 0.05) is 23.1 Å². The highest BCUT2D eigenvalue weighted by Gasteiger charge is 2.24. The second-order valence-corrected chi connectivity index (χ2v) is 7.92. The van der Waals surface area contributed by atoms with Crippen molar-refractivity contribution < 1.29 is 9.66 Å². The standard InChI is InChI=1S/C22H21N5O3S/c1-2-3-14-31-22-24-21-20(25-26-22)16-9-5-6-10-17(16)23-19(30-21)13-12-15-8-4-7-11-18(15)27(28)29/h4-13,19,23H,2-3,14H2,1H3/b13-12+/t19-/m1/s1. The molecule has 8 nitrogen and oxygen atoms in total. The number of hydrogen-bond acceptors (Lipinski definition) is 8. The predicted octanol–water partition coefficient (Wildman–Crippen LogP) is 5.18. The summed E-state index contributed by atoms with van der Waals surface area (Å²) in [6.07, 6.45) is 4.98. The van der Waals surface area contributed by atoms with Crippen molar-refractivity contribution in [2.24, 2.45) is 0 Å². The number of nitrogens with one attached hydrogen (secondary N) is 1. The minimum absolute atomic E-state index is 0.0341. The first-order valence-electron chi connectivity index (χ1n) is 9.97. The van der Waals surface area contributed by atoms with Gasteiger partial charge in [0.1, 0.15) is 0 Å². The molecule has 0 bridgehead atoms. The highest BCUT2D eigenvalue weighted by Crippen LogP contribution is 2.36. The fraction of sp³-hybridized carbons (Fsp3) is 0.227. The van der Waals surface area contributed by atoms with Gasteiger partial charge in [-0.3, -0.25) is 10.1 Å². The average Bonchev–Trinajstić information content (AvgIpc) is 2.94. The van der Waals surface area contributed by atoms with E-state index in [-0.39, 0.29) is 5.69 Å². The predicted molar refractivity (Wildman–Crippen MR) is 121 cm³/mol. The molecule has 9 heteroatoms. The number of nitro benzene ring substituents is 1. The Morgan fingerprint density at radius 1 is 1.19 bits per heavy atom. The minimum Gasteiger partial charge on any atom is -0.448 e. The Kier molecular flexibility index (Phi) is 6.42. The summed E-state index contributed by atoms with van der Waals surface area (Å²) in [7, 11) is 0. The Morgan fingerprint density at radius 2 is 2.00 bits per heavy atom. The van der Waals surface area contributed by atoms with E-state index in [2.05, 4.69) is 27.4 Å². The summed E-state index contributed by atoms with van der Waals surface area (Å²) in [5.74, 6) is 1.29. The molecule has 0 aliphatic carbocycles. The molecule has 0 amide bonds. The molecule has 1 aromatic heterocycles. The molecule has 2 aromatic carbocycles. The molecule has 1 N–H and O–H groups in total. The number of fused-ring (bicyclic) bond motifs is 3. The summed E-state index contributed by atoms with van der Waals surface area (Å²) in [5.41, 5.74) is 2.74. The number of aromatic nitrogens is 3. The molecule has 3 aromatic rings. The van der Waals surface area contributed by atoms with Crippen LogP contribution in [0.4, 0.5) is 11.4 Å². The molecule has 0 fully saturated rings. The number of para-hydroxylation sites is 2. The van der Waals surface area contributed by atoms with Gasteiger partial charge in [0.15, 0.2) is 11.9 Å². The lowest BCUT2D eigenvalue weighted by molar-refractivity contribution is -0.385. The molecular weight excluding hydrogens is 414 g/mol. The Balaban J connectivity index is 1.67. The Bertz CT molecular complexity index is 1120. The van der Waals surface area contributed by atoms with E-state index in [1.54, 1.807) is 42.1 Å². The Labute approximate surface area is 183 Å². The topological polar surface area (TPSA) is 103 Å². The van der Waals surface area contributed by atoms with Crippen molar-refractivity contribution in [3.63, 3.8) is 0 Å². The van der Waals surface area contributed by atoms with Gasteiger partial charge in [0.2, 0.25) is 11.0 Å². The molecule has 0 radical (unpaired) electrons. The first kappa shape index (κ1) is 20.8. The van der Waals surface area contributed by atoms with Gasteiger partial charge in [-0.1, -0.05) is 55.4 Å². The van der Waals surface area contributed by atoms with Gasteiger partial charge in [-0.05, 0) is 30.7 Å². The van der Waals surface area contributed by atoms with Crippen molar-refractivity contribution in [1.29, 1.82) is 0 Å². The largest absolute Gasteiger partial charge is 0.448 e. The highest BCUT2D eigenvalue weighted by molar-refractivity contribution is 7.99. The van der Waals surface area contributed by atoms with Gasteiger partial charge in [-0.15, -0.1) is 10.2 Å². The number of nitrogens with zero attached hydrogens (tertiary/aromatic N) is 4. The number of benzene rings is 2. The number of anilines is 1. The van der Waals surface area contributed by atoms with Crippen molar-refractivity contribution in [2.75, 3.05) is 11.1 Å². The number of rotatable bonds is 7. The van der Waals surface area contributed by atoms with Gasteiger partial charge in [0.05, 0.1) is 10.5 Å². The quantitative estimate of drug-likeness (QED) is 0.234. The van der Waals surface area contributed by atoms with Crippen LogP contribution in [0.2, 0.25) is 0 Å². The Hall–Kier alpha value is -3.46. The molecule has 0 unspecified atom stereocenters. The fourth-order valence-electron chi connectivity index (χ4n) is 3.11. The van der Waals surface area contributed by atoms with Crippen LogP contribution in [0.5, 0.6) is 5.88 Å². The third-order valence-corrected chi connectivity index (χ3v) is 5.59. The van der Waals surface area contributed by atoms with Gasteiger partial charge in [0.25, 0.3) is 5.69 Å². The maximum Gasteiger partial charge on any atom is 0.276 e. The maximum absolute atomic E-state index is 11.3. The zero-order chi connectivity index (χ0) is 21.6.